The summed E-state index contributed by atoms with van der Waals surface area (Å²) >= 11 is 0. The number of anilines is 1. The van der Waals surface area contributed by atoms with Crippen LogP contribution in [0, 0.1) is 0 Å². The minimum Gasteiger partial charge on any atom is -0.363 e. The van der Waals surface area contributed by atoms with Gasteiger partial charge in [0.1, 0.15) is 5.82 Å². The lowest BCUT2D eigenvalue weighted by molar-refractivity contribution is 0.844. The standard InChI is InChI=1S/C23H20N6O/c1-27(2)21-9-7-16(12-26-21)15-6-8-19-18(11-15)22-20(14-25-19)28(3)23(30)29(22)17-5-4-10-24-13-17/h4-14H,1-3H3. The molecule has 0 radical (unpaired) electrons. The summed E-state index contributed by atoms with van der Waals surface area (Å²) in [5.41, 5.74) is 5.04. The summed E-state index contributed by atoms with van der Waals surface area (Å²) in [4.78, 5) is 28.3. The molecule has 0 saturated carbocycles. The zero-order valence-electron chi connectivity index (χ0n) is 16.9. The summed E-state index contributed by atoms with van der Waals surface area (Å²) in [5, 5.41) is 0.906. The van der Waals surface area contributed by atoms with Gasteiger partial charge >= 0.3 is 5.69 Å². The van der Waals surface area contributed by atoms with Gasteiger partial charge in [0.25, 0.3) is 0 Å². The third-order valence-corrected chi connectivity index (χ3v) is 5.33. The number of rotatable bonds is 3. The van der Waals surface area contributed by atoms with Gasteiger partial charge in [-0.05, 0) is 42.0 Å². The van der Waals surface area contributed by atoms with Crippen molar-refractivity contribution < 1.29 is 0 Å². The van der Waals surface area contributed by atoms with Gasteiger partial charge in [-0.15, -0.1) is 0 Å². The fourth-order valence-corrected chi connectivity index (χ4v) is 3.72. The van der Waals surface area contributed by atoms with Crippen molar-refractivity contribution in [3.05, 3.63) is 77.7 Å². The molecule has 5 rings (SSSR count). The van der Waals surface area contributed by atoms with Crippen LogP contribution < -0.4 is 10.6 Å². The van der Waals surface area contributed by atoms with Gasteiger partial charge in [-0.2, -0.15) is 0 Å². The second-order valence-corrected chi connectivity index (χ2v) is 7.41. The Bertz CT molecular complexity index is 1430. The van der Waals surface area contributed by atoms with Gasteiger partial charge in [0, 0.05) is 44.5 Å². The molecule has 0 N–H and O–H groups in total. The monoisotopic (exact) mass is 396 g/mol. The number of nitrogens with zero attached hydrogens (tertiary/aromatic N) is 6. The van der Waals surface area contributed by atoms with E-state index in [-0.39, 0.29) is 5.69 Å². The highest BCUT2D eigenvalue weighted by molar-refractivity contribution is 6.04. The molecule has 0 aliphatic rings. The highest BCUT2D eigenvalue weighted by Crippen LogP contribution is 2.29. The molecule has 148 valence electrons. The van der Waals surface area contributed by atoms with Crippen LogP contribution in [0.3, 0.4) is 0 Å². The third kappa shape index (κ3) is 2.75. The van der Waals surface area contributed by atoms with E-state index in [1.165, 1.54) is 0 Å². The third-order valence-electron chi connectivity index (χ3n) is 5.33. The Morgan fingerprint density at radius 1 is 0.933 bits per heavy atom. The molecule has 0 saturated heterocycles. The number of aryl methyl sites for hydroxylation is 1. The van der Waals surface area contributed by atoms with Crippen molar-refractivity contribution in [1.82, 2.24) is 24.1 Å². The average Bonchev–Trinajstić information content (AvgIpc) is 3.04. The molecule has 1 aromatic carbocycles. The molecule has 0 bridgehead atoms. The molecule has 7 nitrogen and oxygen atoms in total. The Hall–Kier alpha value is -4.00. The number of aromatic nitrogens is 5. The minimum absolute atomic E-state index is 0.130. The number of hydrogen-bond acceptors (Lipinski definition) is 5. The molecule has 4 aromatic heterocycles. The number of pyridine rings is 3. The molecular weight excluding hydrogens is 376 g/mol. The molecule has 0 spiro atoms. The van der Waals surface area contributed by atoms with Crippen LogP contribution in [0.2, 0.25) is 0 Å². The van der Waals surface area contributed by atoms with E-state index < -0.39 is 0 Å². The van der Waals surface area contributed by atoms with E-state index in [1.807, 2.05) is 55.5 Å². The van der Waals surface area contributed by atoms with Crippen LogP contribution in [0.1, 0.15) is 0 Å². The van der Waals surface area contributed by atoms with Gasteiger partial charge in [-0.25, -0.2) is 9.78 Å². The van der Waals surface area contributed by atoms with Gasteiger partial charge in [-0.1, -0.05) is 6.07 Å². The summed E-state index contributed by atoms with van der Waals surface area (Å²) in [6, 6.07) is 13.8. The Balaban J connectivity index is 1.80. The van der Waals surface area contributed by atoms with Crippen LogP contribution in [0.5, 0.6) is 0 Å². The number of hydrogen-bond donors (Lipinski definition) is 0. The number of benzene rings is 1. The first-order chi connectivity index (χ1) is 14.5. The fourth-order valence-electron chi connectivity index (χ4n) is 3.72. The van der Waals surface area contributed by atoms with Gasteiger partial charge in [0.2, 0.25) is 0 Å². The molecule has 0 fully saturated rings. The van der Waals surface area contributed by atoms with E-state index in [0.717, 1.165) is 44.6 Å². The van der Waals surface area contributed by atoms with E-state index in [2.05, 4.69) is 27.1 Å². The van der Waals surface area contributed by atoms with E-state index >= 15 is 0 Å². The summed E-state index contributed by atoms with van der Waals surface area (Å²) < 4.78 is 3.32. The summed E-state index contributed by atoms with van der Waals surface area (Å²) in [7, 11) is 5.69. The zero-order chi connectivity index (χ0) is 20.8. The van der Waals surface area contributed by atoms with E-state index in [0.29, 0.717) is 0 Å². The Kier molecular flexibility index (Phi) is 4.10. The first kappa shape index (κ1) is 18.1. The highest BCUT2D eigenvalue weighted by Gasteiger charge is 2.16. The molecule has 0 atom stereocenters. The van der Waals surface area contributed by atoms with Crippen molar-refractivity contribution in [3.63, 3.8) is 0 Å². The van der Waals surface area contributed by atoms with E-state index in [4.69, 9.17) is 0 Å². The Labute approximate surface area is 172 Å². The lowest BCUT2D eigenvalue weighted by atomic mass is 10.0. The lowest BCUT2D eigenvalue weighted by Crippen LogP contribution is -2.20. The van der Waals surface area contributed by atoms with Crippen molar-refractivity contribution in [2.75, 3.05) is 19.0 Å². The van der Waals surface area contributed by atoms with Crippen LogP contribution in [0.25, 0.3) is 38.8 Å². The molecule has 0 aliphatic heterocycles. The predicted molar refractivity (Wildman–Crippen MR) is 119 cm³/mol. The SMILES string of the molecule is CN(C)c1ccc(-c2ccc3ncc4c(c3c2)n(-c2cccnc2)c(=O)n4C)cn1. The van der Waals surface area contributed by atoms with Crippen LogP contribution in [0.4, 0.5) is 5.82 Å². The van der Waals surface area contributed by atoms with Crippen molar-refractivity contribution >= 4 is 27.8 Å². The molecule has 0 amide bonds. The van der Waals surface area contributed by atoms with Gasteiger partial charge in [0.15, 0.2) is 0 Å². The molecule has 4 heterocycles. The predicted octanol–water partition coefficient (Wildman–Crippen LogP) is 3.40. The van der Waals surface area contributed by atoms with Crippen molar-refractivity contribution in [2.24, 2.45) is 7.05 Å². The topological polar surface area (TPSA) is 68.8 Å². The maximum absolute atomic E-state index is 13.0. The smallest absolute Gasteiger partial charge is 0.333 e. The normalized spacial score (nSPS) is 11.3. The molecule has 30 heavy (non-hydrogen) atoms. The van der Waals surface area contributed by atoms with Gasteiger partial charge < -0.3 is 4.90 Å². The fraction of sp³-hybridized carbons (Fsp3) is 0.130. The Morgan fingerprint density at radius 3 is 2.47 bits per heavy atom. The summed E-state index contributed by atoms with van der Waals surface area (Å²) in [6.45, 7) is 0. The maximum atomic E-state index is 13.0. The van der Waals surface area contributed by atoms with Crippen LogP contribution in [-0.4, -0.2) is 38.2 Å². The van der Waals surface area contributed by atoms with E-state index in [1.54, 1.807) is 34.8 Å². The number of imidazole rings is 1. The second kappa shape index (κ2) is 6.81. The maximum Gasteiger partial charge on any atom is 0.333 e. The molecule has 0 unspecified atom stereocenters. The molecular formula is C23H20N6O. The van der Waals surface area contributed by atoms with Crippen molar-refractivity contribution in [1.29, 1.82) is 0 Å². The van der Waals surface area contributed by atoms with Crippen molar-refractivity contribution in [2.45, 2.75) is 0 Å². The lowest BCUT2D eigenvalue weighted by Gasteiger charge is -2.12. The first-order valence-electron chi connectivity index (χ1n) is 9.59. The van der Waals surface area contributed by atoms with Gasteiger partial charge in [0.05, 0.1) is 34.6 Å². The number of fused-ring (bicyclic) bond motifs is 3. The van der Waals surface area contributed by atoms with Crippen LogP contribution in [-0.2, 0) is 7.05 Å². The van der Waals surface area contributed by atoms with Crippen LogP contribution in [0.15, 0.2) is 72.0 Å². The average molecular weight is 396 g/mol. The minimum atomic E-state index is -0.130. The van der Waals surface area contributed by atoms with E-state index in [9.17, 15) is 4.79 Å². The Morgan fingerprint density at radius 2 is 1.77 bits per heavy atom. The largest absolute Gasteiger partial charge is 0.363 e. The highest BCUT2D eigenvalue weighted by atomic mass is 16.1. The summed E-state index contributed by atoms with van der Waals surface area (Å²) in [6.07, 6.45) is 7.00. The quantitative estimate of drug-likeness (QED) is 0.468. The molecule has 7 heteroatoms. The first-order valence-corrected chi connectivity index (χ1v) is 9.59. The zero-order valence-corrected chi connectivity index (χ0v) is 16.9. The molecule has 5 aromatic rings. The van der Waals surface area contributed by atoms with Gasteiger partial charge in [-0.3, -0.25) is 19.1 Å². The summed E-state index contributed by atoms with van der Waals surface area (Å²) in [5.74, 6) is 0.900. The molecule has 0 aliphatic carbocycles. The van der Waals surface area contributed by atoms with Crippen molar-refractivity contribution in [3.8, 4) is 16.8 Å². The van der Waals surface area contributed by atoms with Crippen LogP contribution >= 0.6 is 0 Å². The second-order valence-electron chi connectivity index (χ2n) is 7.41.